The van der Waals surface area contributed by atoms with Crippen molar-refractivity contribution in [2.45, 2.75) is 33.1 Å². The Morgan fingerprint density at radius 1 is 1.35 bits per heavy atom. The molecule has 0 aromatic carbocycles. The van der Waals surface area contributed by atoms with E-state index in [2.05, 4.69) is 4.98 Å². The van der Waals surface area contributed by atoms with Crippen molar-refractivity contribution >= 4 is 28.5 Å². The highest BCUT2D eigenvalue weighted by molar-refractivity contribution is 7.19. The lowest BCUT2D eigenvalue weighted by Crippen LogP contribution is -2.21. The van der Waals surface area contributed by atoms with Gasteiger partial charge in [0.1, 0.15) is 10.6 Å². The fourth-order valence-electron chi connectivity index (χ4n) is 2.13. The molecule has 0 aliphatic heterocycles. The molecule has 2 aromatic rings. The molecular weight excluding hydrogens is 274 g/mol. The fraction of sp³-hybridized carbons (Fsp3) is 0.500. The molecule has 0 saturated carbocycles. The summed E-state index contributed by atoms with van der Waals surface area (Å²) in [7, 11) is 3.43. The number of aldehydes is 1. The third kappa shape index (κ3) is 2.14. The lowest BCUT2D eigenvalue weighted by atomic mass is 9.91. The third-order valence-corrected chi connectivity index (χ3v) is 4.29. The van der Waals surface area contributed by atoms with Gasteiger partial charge in [-0.25, -0.2) is 4.98 Å². The van der Waals surface area contributed by atoms with E-state index >= 15 is 0 Å². The molecule has 0 N–H and O–H groups in total. The molecule has 0 aliphatic rings. The molecular formula is C14H19N3O2S. The zero-order valence-electron chi connectivity index (χ0n) is 12.6. The summed E-state index contributed by atoms with van der Waals surface area (Å²) in [5, 5.41) is 0. The summed E-state index contributed by atoms with van der Waals surface area (Å²) in [6.07, 6.45) is 0.824. The van der Waals surface area contributed by atoms with Gasteiger partial charge < -0.3 is 4.90 Å². The number of thiazole rings is 1. The van der Waals surface area contributed by atoms with E-state index in [-0.39, 0.29) is 11.3 Å². The van der Waals surface area contributed by atoms with Crippen molar-refractivity contribution < 1.29 is 9.59 Å². The molecule has 0 bridgehead atoms. The summed E-state index contributed by atoms with van der Waals surface area (Å²) in [5.74, 6) is -0.0628. The smallest absolute Gasteiger partial charge is 0.265 e. The molecule has 0 fully saturated rings. The zero-order chi connectivity index (χ0) is 15.2. The van der Waals surface area contributed by atoms with Crippen LogP contribution >= 0.6 is 11.3 Å². The first-order valence-corrected chi connectivity index (χ1v) is 7.19. The van der Waals surface area contributed by atoms with Crippen LogP contribution in [0.15, 0.2) is 0 Å². The monoisotopic (exact) mass is 293 g/mol. The van der Waals surface area contributed by atoms with Crippen molar-refractivity contribution in [1.82, 2.24) is 14.3 Å². The van der Waals surface area contributed by atoms with Gasteiger partial charge in [0.2, 0.25) is 0 Å². The van der Waals surface area contributed by atoms with Crippen LogP contribution in [0.3, 0.4) is 0 Å². The van der Waals surface area contributed by atoms with Crippen LogP contribution in [0.2, 0.25) is 0 Å². The van der Waals surface area contributed by atoms with Gasteiger partial charge in [0, 0.05) is 25.2 Å². The molecule has 2 rings (SSSR count). The molecule has 0 atom stereocenters. The molecule has 0 radical (unpaired) electrons. The molecule has 0 spiro atoms. The number of aromatic nitrogens is 2. The second kappa shape index (κ2) is 4.70. The average molecular weight is 293 g/mol. The molecule has 20 heavy (non-hydrogen) atoms. The maximum absolute atomic E-state index is 12.1. The van der Waals surface area contributed by atoms with E-state index in [1.165, 1.54) is 16.2 Å². The van der Waals surface area contributed by atoms with E-state index in [0.717, 1.165) is 17.7 Å². The Morgan fingerprint density at radius 3 is 2.40 bits per heavy atom. The van der Waals surface area contributed by atoms with Gasteiger partial charge in [0.15, 0.2) is 11.2 Å². The first kappa shape index (κ1) is 14.7. The quantitative estimate of drug-likeness (QED) is 0.799. The van der Waals surface area contributed by atoms with Crippen LogP contribution in [0, 0.1) is 6.92 Å². The lowest BCUT2D eigenvalue weighted by molar-refractivity contribution is 0.0831. The first-order chi connectivity index (χ1) is 9.18. The number of nitrogens with zero attached hydrogens (tertiary/aromatic N) is 3. The van der Waals surface area contributed by atoms with E-state index in [1.807, 2.05) is 27.7 Å². The number of aryl methyl sites for hydroxylation is 1. The van der Waals surface area contributed by atoms with Gasteiger partial charge in [-0.1, -0.05) is 32.1 Å². The zero-order valence-corrected chi connectivity index (χ0v) is 13.5. The highest BCUT2D eigenvalue weighted by Gasteiger charge is 2.27. The summed E-state index contributed by atoms with van der Waals surface area (Å²) < 4.78 is 1.79. The van der Waals surface area contributed by atoms with Gasteiger partial charge in [0.25, 0.3) is 5.91 Å². The second-order valence-electron chi connectivity index (χ2n) is 6.05. The van der Waals surface area contributed by atoms with E-state index in [1.54, 1.807) is 18.5 Å². The van der Waals surface area contributed by atoms with E-state index < -0.39 is 0 Å². The molecule has 0 unspecified atom stereocenters. The van der Waals surface area contributed by atoms with Crippen molar-refractivity contribution in [3.63, 3.8) is 0 Å². The van der Waals surface area contributed by atoms with Gasteiger partial charge in [-0.05, 0) is 6.92 Å². The number of fused-ring (bicyclic) bond motifs is 1. The maximum atomic E-state index is 12.1. The van der Waals surface area contributed by atoms with E-state index in [4.69, 9.17) is 0 Å². The van der Waals surface area contributed by atoms with Gasteiger partial charge in [-0.2, -0.15) is 0 Å². The number of hydrogen-bond donors (Lipinski definition) is 0. The number of carbonyl (C=O) groups is 2. The van der Waals surface area contributed by atoms with Crippen LogP contribution in [0.1, 0.15) is 52.3 Å². The Labute approximate surface area is 122 Å². The fourth-order valence-corrected chi connectivity index (χ4v) is 3.29. The third-order valence-electron chi connectivity index (χ3n) is 3.16. The number of rotatable bonds is 2. The Kier molecular flexibility index (Phi) is 3.46. The maximum Gasteiger partial charge on any atom is 0.265 e. The summed E-state index contributed by atoms with van der Waals surface area (Å²) in [6, 6.07) is 0. The van der Waals surface area contributed by atoms with Crippen LogP contribution < -0.4 is 0 Å². The molecule has 6 heteroatoms. The molecule has 0 aliphatic carbocycles. The second-order valence-corrected chi connectivity index (χ2v) is 7.03. The summed E-state index contributed by atoms with van der Waals surface area (Å²) in [4.78, 5) is 31.0. The van der Waals surface area contributed by atoms with E-state index in [0.29, 0.717) is 15.5 Å². The normalized spacial score (nSPS) is 11.9. The predicted molar refractivity (Wildman–Crippen MR) is 79.9 cm³/mol. The minimum Gasteiger partial charge on any atom is -0.344 e. The van der Waals surface area contributed by atoms with Crippen molar-refractivity contribution in [2.24, 2.45) is 0 Å². The molecule has 5 nitrogen and oxygen atoms in total. The number of hydrogen-bond acceptors (Lipinski definition) is 4. The molecule has 2 aromatic heterocycles. The van der Waals surface area contributed by atoms with Crippen molar-refractivity contribution in [1.29, 1.82) is 0 Å². The SMILES string of the molecule is Cc1c(C(=O)N(C)C)sc2nc(C(C)(C)C)c(C=O)n12. The highest BCUT2D eigenvalue weighted by atomic mass is 32.1. The van der Waals surface area contributed by atoms with Crippen LogP contribution in [-0.2, 0) is 5.41 Å². The number of imidazole rings is 1. The largest absolute Gasteiger partial charge is 0.344 e. The van der Waals surface area contributed by atoms with Crippen molar-refractivity contribution in [3.8, 4) is 0 Å². The van der Waals surface area contributed by atoms with Gasteiger partial charge in [-0.15, -0.1) is 0 Å². The van der Waals surface area contributed by atoms with E-state index in [9.17, 15) is 9.59 Å². The summed E-state index contributed by atoms with van der Waals surface area (Å²) in [5.41, 5.74) is 1.87. The highest BCUT2D eigenvalue weighted by Crippen LogP contribution is 2.31. The van der Waals surface area contributed by atoms with Crippen molar-refractivity contribution in [3.05, 3.63) is 22.0 Å². The molecule has 1 amide bonds. The Morgan fingerprint density at radius 2 is 1.95 bits per heavy atom. The molecule has 0 saturated heterocycles. The Hall–Kier alpha value is -1.69. The standard InChI is InChI=1S/C14H19N3O2S/c1-8-10(12(19)16(5)6)20-13-15-11(14(2,3)4)9(7-18)17(8)13/h7H,1-6H3. The Balaban J connectivity index is 2.74. The minimum absolute atomic E-state index is 0.0628. The molecule has 108 valence electrons. The summed E-state index contributed by atoms with van der Waals surface area (Å²) in [6.45, 7) is 7.91. The van der Waals surface area contributed by atoms with Crippen LogP contribution in [0.4, 0.5) is 0 Å². The number of amides is 1. The van der Waals surface area contributed by atoms with Gasteiger partial charge in [-0.3, -0.25) is 14.0 Å². The summed E-state index contributed by atoms with van der Waals surface area (Å²) >= 11 is 1.33. The lowest BCUT2D eigenvalue weighted by Gasteiger charge is -2.16. The average Bonchev–Trinajstić information content (AvgIpc) is 2.85. The number of carbonyl (C=O) groups excluding carboxylic acids is 2. The molecule has 2 heterocycles. The van der Waals surface area contributed by atoms with Crippen molar-refractivity contribution in [2.75, 3.05) is 14.1 Å². The minimum atomic E-state index is -0.208. The first-order valence-electron chi connectivity index (χ1n) is 6.37. The van der Waals surface area contributed by atoms with Crippen LogP contribution in [0.25, 0.3) is 4.96 Å². The Bertz CT molecular complexity index is 689. The van der Waals surface area contributed by atoms with Crippen LogP contribution in [-0.4, -0.2) is 40.6 Å². The predicted octanol–water partition coefficient (Wildman–Crippen LogP) is 2.52. The topological polar surface area (TPSA) is 54.7 Å². The van der Waals surface area contributed by atoms with Gasteiger partial charge in [0.05, 0.1) is 5.69 Å². The van der Waals surface area contributed by atoms with Crippen LogP contribution in [0.5, 0.6) is 0 Å². The van der Waals surface area contributed by atoms with Gasteiger partial charge >= 0.3 is 0 Å².